The van der Waals surface area contributed by atoms with E-state index in [1.165, 1.54) is 0 Å². The van der Waals surface area contributed by atoms with Gasteiger partial charge in [-0.1, -0.05) is 6.92 Å². The van der Waals surface area contributed by atoms with Gasteiger partial charge in [-0.25, -0.2) is 0 Å². The zero-order valence-corrected chi connectivity index (χ0v) is 10.9. The monoisotopic (exact) mass is 225 g/mol. The fourth-order valence-electron chi connectivity index (χ4n) is 0.424. The molecule has 0 fully saturated rings. The first-order valence-electron chi connectivity index (χ1n) is 3.49. The SMILES string of the molecule is CCC(=O)NC(C)C.[Cl][Ca][Cl]. The van der Waals surface area contributed by atoms with E-state index in [4.69, 9.17) is 12.8 Å². The van der Waals surface area contributed by atoms with Crippen LogP contribution in [0, 0.1) is 0 Å². The third-order valence-electron chi connectivity index (χ3n) is 0.771. The van der Waals surface area contributed by atoms with Crippen LogP contribution in [0.5, 0.6) is 0 Å². The molecule has 2 nitrogen and oxygen atoms in total. The van der Waals surface area contributed by atoms with Gasteiger partial charge in [-0.2, -0.15) is 0 Å². The Morgan fingerprint density at radius 3 is 2.00 bits per heavy atom. The summed E-state index contributed by atoms with van der Waals surface area (Å²) in [6.07, 6.45) is 10.5. The topological polar surface area (TPSA) is 29.1 Å². The van der Waals surface area contributed by atoms with Crippen molar-refractivity contribution < 1.29 is 4.79 Å². The van der Waals surface area contributed by atoms with Crippen molar-refractivity contribution in [2.45, 2.75) is 33.2 Å². The fraction of sp³-hybridized carbons (Fsp3) is 0.833. The summed E-state index contributed by atoms with van der Waals surface area (Å²) < 4.78 is 0. The maximum absolute atomic E-state index is 10.5. The Labute approximate surface area is 91.8 Å². The first-order valence-corrected chi connectivity index (χ1v) is 9.57. The third kappa shape index (κ3) is 18.3. The number of nitrogens with one attached hydrogen (secondary N) is 1. The van der Waals surface area contributed by atoms with E-state index in [0.29, 0.717) is 6.42 Å². The van der Waals surface area contributed by atoms with E-state index in [1.807, 2.05) is 20.8 Å². The average Bonchev–Trinajstić information content (AvgIpc) is 1.88. The number of amides is 1. The molecule has 1 amide bonds. The van der Waals surface area contributed by atoms with Crippen molar-refractivity contribution in [3.05, 3.63) is 0 Å². The van der Waals surface area contributed by atoms with Crippen LogP contribution in [0.3, 0.4) is 0 Å². The molecule has 0 aliphatic carbocycles. The Morgan fingerprint density at radius 1 is 1.55 bits per heavy atom. The normalized spacial score (nSPS) is 7.82. The molecule has 0 aromatic heterocycles. The van der Waals surface area contributed by atoms with E-state index in [1.54, 1.807) is 0 Å². The van der Waals surface area contributed by atoms with Crippen molar-refractivity contribution in [1.82, 2.24) is 5.32 Å². The summed E-state index contributed by atoms with van der Waals surface area (Å²) in [6, 6.07) is 0.280. The first-order chi connectivity index (χ1) is 5.08. The standard InChI is InChI=1S/C6H13NO.Ca.2ClH/c1-4-6(8)7-5(2)3;;;/h5H,4H2,1-3H3,(H,7,8);;2*1H/q;+2;;/p-2. The van der Waals surface area contributed by atoms with Crippen molar-refractivity contribution in [2.24, 2.45) is 0 Å². The van der Waals surface area contributed by atoms with Crippen LogP contribution in [0.2, 0.25) is 0 Å². The van der Waals surface area contributed by atoms with Crippen molar-refractivity contribution in [2.75, 3.05) is 0 Å². The molecule has 0 aromatic carbocycles. The molecule has 0 unspecified atom stereocenters. The van der Waals surface area contributed by atoms with Crippen molar-refractivity contribution >= 4 is 49.5 Å². The average molecular weight is 226 g/mol. The summed E-state index contributed by atoms with van der Waals surface area (Å²) >= 11 is -0.931. The van der Waals surface area contributed by atoms with Crippen molar-refractivity contribution in [1.29, 1.82) is 0 Å². The Kier molecular flexibility index (Phi) is 15.2. The first kappa shape index (κ1) is 14.8. The predicted octanol–water partition coefficient (Wildman–Crippen LogP) is 1.92. The van der Waals surface area contributed by atoms with Gasteiger partial charge >= 0.3 is 43.6 Å². The van der Waals surface area contributed by atoms with Crippen molar-refractivity contribution in [3.63, 3.8) is 0 Å². The van der Waals surface area contributed by atoms with E-state index in [9.17, 15) is 4.79 Å². The number of hydrogen-bond donors (Lipinski definition) is 1. The van der Waals surface area contributed by atoms with E-state index < -0.39 is 30.8 Å². The maximum atomic E-state index is 10.5. The van der Waals surface area contributed by atoms with Gasteiger partial charge in [0.2, 0.25) is 5.91 Å². The van der Waals surface area contributed by atoms with Crippen LogP contribution >= 0.6 is 12.8 Å². The van der Waals surface area contributed by atoms with E-state index in [2.05, 4.69) is 5.32 Å². The molecule has 0 spiro atoms. The Morgan fingerprint density at radius 2 is 1.91 bits per heavy atom. The molecule has 0 rings (SSSR count). The molecule has 0 aliphatic heterocycles. The van der Waals surface area contributed by atoms with Gasteiger partial charge in [-0.15, -0.1) is 0 Å². The van der Waals surface area contributed by atoms with Gasteiger partial charge in [0.15, 0.2) is 0 Å². The second-order valence-electron chi connectivity index (χ2n) is 2.18. The number of rotatable bonds is 2. The quantitative estimate of drug-likeness (QED) is 0.716. The molecule has 0 heterocycles. The summed E-state index contributed by atoms with van der Waals surface area (Å²) in [5, 5.41) is 2.75. The zero-order chi connectivity index (χ0) is 9.28. The number of hydrogen-bond acceptors (Lipinski definition) is 1. The molecule has 5 heteroatoms. The van der Waals surface area contributed by atoms with E-state index >= 15 is 0 Å². The minimum atomic E-state index is -0.931. The van der Waals surface area contributed by atoms with Gasteiger partial charge in [0.25, 0.3) is 0 Å². The molecule has 0 saturated heterocycles. The second kappa shape index (κ2) is 11.3. The van der Waals surface area contributed by atoms with Crippen LogP contribution in [0.4, 0.5) is 0 Å². The van der Waals surface area contributed by atoms with Gasteiger partial charge < -0.3 is 5.32 Å². The molecule has 64 valence electrons. The molecule has 0 radical (unpaired) electrons. The predicted molar refractivity (Wildman–Crippen MR) is 51.0 cm³/mol. The zero-order valence-electron chi connectivity index (χ0n) is 7.16. The number of halogens is 2. The molecule has 1 N–H and O–H groups in total. The molecule has 0 atom stereocenters. The van der Waals surface area contributed by atoms with Crippen LogP contribution in [0.15, 0.2) is 0 Å². The molecule has 0 aromatic rings. The van der Waals surface area contributed by atoms with Gasteiger partial charge in [-0.05, 0) is 13.8 Å². The van der Waals surface area contributed by atoms with Crippen molar-refractivity contribution in [3.8, 4) is 0 Å². The number of carbonyl (C=O) groups excluding carboxylic acids is 1. The van der Waals surface area contributed by atoms with Gasteiger partial charge in [0.1, 0.15) is 0 Å². The van der Waals surface area contributed by atoms with Crippen LogP contribution in [0.25, 0.3) is 0 Å². The van der Waals surface area contributed by atoms with Gasteiger partial charge in [0, 0.05) is 12.5 Å². The minimum absolute atomic E-state index is 0.125. The summed E-state index contributed by atoms with van der Waals surface area (Å²) in [7, 11) is 0. The summed E-state index contributed by atoms with van der Waals surface area (Å²) in [6.45, 7) is 5.75. The van der Waals surface area contributed by atoms with Gasteiger partial charge in [-0.3, -0.25) is 4.79 Å². The third-order valence-corrected chi connectivity index (χ3v) is 0.771. The molecule has 0 aliphatic rings. The molecular formula is C6H13CaCl2NO. The van der Waals surface area contributed by atoms with Gasteiger partial charge in [0.05, 0.1) is 0 Å². The molecule has 11 heavy (non-hydrogen) atoms. The van der Waals surface area contributed by atoms with E-state index in [-0.39, 0.29) is 11.9 Å². The van der Waals surface area contributed by atoms with E-state index in [0.717, 1.165) is 0 Å². The second-order valence-corrected chi connectivity index (χ2v) is 5.82. The Hall–Kier alpha value is 1.31. The molecule has 0 saturated carbocycles. The van der Waals surface area contributed by atoms with Crippen LogP contribution < -0.4 is 5.32 Å². The molecular weight excluding hydrogens is 213 g/mol. The summed E-state index contributed by atoms with van der Waals surface area (Å²) in [5.74, 6) is 0.125. The fourth-order valence-corrected chi connectivity index (χ4v) is 0.424. The number of carbonyl (C=O) groups is 1. The summed E-state index contributed by atoms with van der Waals surface area (Å²) in [5.41, 5.74) is 0. The molecule has 0 bridgehead atoms. The van der Waals surface area contributed by atoms with Crippen LogP contribution in [-0.4, -0.2) is 42.8 Å². The van der Waals surface area contributed by atoms with Crippen LogP contribution in [-0.2, 0) is 4.79 Å². The van der Waals surface area contributed by atoms with Crippen LogP contribution in [0.1, 0.15) is 27.2 Å². The Balaban J connectivity index is 0. The Bertz CT molecular complexity index is 101. The summed E-state index contributed by atoms with van der Waals surface area (Å²) in [4.78, 5) is 10.5.